The van der Waals surface area contributed by atoms with Crippen molar-refractivity contribution >= 4 is 29.1 Å². The number of hydrogen-bond donors (Lipinski definition) is 0. The van der Waals surface area contributed by atoms with Crippen LogP contribution in [0.2, 0.25) is 5.02 Å². The zero-order valence-electron chi connectivity index (χ0n) is 15.8. The third kappa shape index (κ3) is 5.14. The summed E-state index contributed by atoms with van der Waals surface area (Å²) in [5.74, 6) is 1.18. The number of nitrogens with zero attached hydrogens (tertiary/aromatic N) is 2. The monoisotopic (exact) mass is 416 g/mol. The van der Waals surface area contributed by atoms with Gasteiger partial charge in [-0.15, -0.1) is 10.2 Å². The number of carbonyl (C=O) groups excluding carboxylic acids is 1. The van der Waals surface area contributed by atoms with Crippen molar-refractivity contribution in [1.29, 1.82) is 0 Å². The maximum atomic E-state index is 12.7. The molecule has 7 heteroatoms. The molecular formula is C21H21ClN2O3S. The van der Waals surface area contributed by atoms with Gasteiger partial charge < -0.3 is 9.15 Å². The number of benzene rings is 2. The highest BCUT2D eigenvalue weighted by Crippen LogP contribution is 2.25. The van der Waals surface area contributed by atoms with Crippen molar-refractivity contribution in [2.45, 2.75) is 38.5 Å². The second kappa shape index (κ2) is 9.75. The lowest BCUT2D eigenvalue weighted by Crippen LogP contribution is -2.07. The standard InChI is InChI=1S/C21H21ClN2O3S/c1-3-14-9-10-15(4-2)16(11-14)18(25)13-28-21-24-23-20(27-21)12-26-19-8-6-5-7-17(19)22/h5-11H,3-4,12-13H2,1-2H3. The fourth-order valence-corrected chi connectivity index (χ4v) is 3.53. The van der Waals surface area contributed by atoms with E-state index in [1.807, 2.05) is 31.2 Å². The van der Waals surface area contributed by atoms with Crippen LogP contribution in [-0.4, -0.2) is 21.7 Å². The zero-order chi connectivity index (χ0) is 19.9. The first-order valence-corrected chi connectivity index (χ1v) is 10.4. The SMILES string of the molecule is CCc1ccc(CC)c(C(=O)CSc2nnc(COc3ccccc3Cl)o2)c1. The van der Waals surface area contributed by atoms with Crippen LogP contribution in [-0.2, 0) is 19.4 Å². The molecule has 0 aliphatic heterocycles. The van der Waals surface area contributed by atoms with Crippen LogP contribution < -0.4 is 4.74 Å². The Bertz CT molecular complexity index is 958. The summed E-state index contributed by atoms with van der Waals surface area (Å²) in [6.45, 7) is 4.24. The number of thioether (sulfide) groups is 1. The van der Waals surface area contributed by atoms with Crippen molar-refractivity contribution in [3.8, 4) is 5.75 Å². The number of carbonyl (C=O) groups is 1. The van der Waals surface area contributed by atoms with Crippen LogP contribution >= 0.6 is 23.4 Å². The molecule has 28 heavy (non-hydrogen) atoms. The molecule has 3 aromatic rings. The minimum absolute atomic E-state index is 0.0595. The number of aryl methyl sites for hydroxylation is 2. The summed E-state index contributed by atoms with van der Waals surface area (Å²) in [4.78, 5) is 12.7. The molecule has 146 valence electrons. The average molecular weight is 417 g/mol. The van der Waals surface area contributed by atoms with E-state index < -0.39 is 0 Å². The molecule has 0 unspecified atom stereocenters. The Morgan fingerprint density at radius 1 is 1.14 bits per heavy atom. The highest BCUT2D eigenvalue weighted by atomic mass is 35.5. The van der Waals surface area contributed by atoms with Gasteiger partial charge in [0.2, 0.25) is 0 Å². The molecule has 0 saturated carbocycles. The number of aromatic nitrogens is 2. The first-order chi connectivity index (χ1) is 13.6. The van der Waals surface area contributed by atoms with E-state index in [-0.39, 0.29) is 18.1 Å². The van der Waals surface area contributed by atoms with Gasteiger partial charge in [0.05, 0.1) is 10.8 Å². The molecule has 0 aliphatic carbocycles. The van der Waals surface area contributed by atoms with Crippen molar-refractivity contribution in [3.05, 3.63) is 70.1 Å². The van der Waals surface area contributed by atoms with E-state index in [0.29, 0.717) is 21.9 Å². The summed E-state index contributed by atoms with van der Waals surface area (Å²) in [5, 5.41) is 8.79. The quantitative estimate of drug-likeness (QED) is 0.343. The van der Waals surface area contributed by atoms with E-state index >= 15 is 0 Å². The molecule has 5 nitrogen and oxygen atoms in total. The lowest BCUT2D eigenvalue weighted by molar-refractivity contribution is 0.102. The molecule has 0 spiro atoms. The lowest BCUT2D eigenvalue weighted by atomic mass is 9.98. The van der Waals surface area contributed by atoms with Crippen molar-refractivity contribution in [2.24, 2.45) is 0 Å². The summed E-state index contributed by atoms with van der Waals surface area (Å²) in [6.07, 6.45) is 1.72. The zero-order valence-corrected chi connectivity index (χ0v) is 17.3. The molecule has 2 aromatic carbocycles. The molecule has 0 radical (unpaired) electrons. The Hall–Kier alpha value is -2.31. The van der Waals surface area contributed by atoms with Crippen LogP contribution in [0.3, 0.4) is 0 Å². The average Bonchev–Trinajstić information content (AvgIpc) is 3.18. The van der Waals surface area contributed by atoms with E-state index in [9.17, 15) is 4.79 Å². The number of halogens is 1. The summed E-state index contributed by atoms with van der Waals surface area (Å²) >= 11 is 7.28. The van der Waals surface area contributed by atoms with E-state index in [0.717, 1.165) is 29.5 Å². The third-order valence-electron chi connectivity index (χ3n) is 4.23. The second-order valence-corrected chi connectivity index (χ2v) is 7.43. The van der Waals surface area contributed by atoms with Gasteiger partial charge in [0, 0.05) is 5.56 Å². The van der Waals surface area contributed by atoms with Crippen molar-refractivity contribution < 1.29 is 13.9 Å². The van der Waals surface area contributed by atoms with Gasteiger partial charge in [-0.3, -0.25) is 4.79 Å². The molecule has 0 saturated heterocycles. The third-order valence-corrected chi connectivity index (χ3v) is 5.36. The molecule has 1 aromatic heterocycles. The number of hydrogen-bond acceptors (Lipinski definition) is 6. The van der Waals surface area contributed by atoms with Gasteiger partial charge in [0.25, 0.3) is 11.1 Å². The fourth-order valence-electron chi connectivity index (χ4n) is 2.67. The minimum atomic E-state index is 0.0595. The lowest BCUT2D eigenvalue weighted by Gasteiger charge is -2.08. The summed E-state index contributed by atoms with van der Waals surface area (Å²) < 4.78 is 11.1. The van der Waals surface area contributed by atoms with Crippen LogP contribution in [0.15, 0.2) is 52.1 Å². The van der Waals surface area contributed by atoms with Crippen LogP contribution in [0.5, 0.6) is 5.75 Å². The van der Waals surface area contributed by atoms with E-state index in [2.05, 4.69) is 23.2 Å². The van der Waals surface area contributed by atoms with Crippen molar-refractivity contribution in [3.63, 3.8) is 0 Å². The van der Waals surface area contributed by atoms with Crippen molar-refractivity contribution in [2.75, 3.05) is 5.75 Å². The van der Waals surface area contributed by atoms with E-state index in [1.165, 1.54) is 11.8 Å². The number of ketones is 1. The summed E-state index contributed by atoms with van der Waals surface area (Å²) in [6, 6.07) is 13.3. The Kier molecular flexibility index (Phi) is 7.12. The number of rotatable bonds is 9. The predicted octanol–water partition coefficient (Wildman–Crippen LogP) is 5.40. The Morgan fingerprint density at radius 2 is 1.96 bits per heavy atom. The van der Waals surface area contributed by atoms with Crippen LogP contribution in [0.4, 0.5) is 0 Å². The Balaban J connectivity index is 1.58. The molecule has 0 atom stereocenters. The van der Waals surface area contributed by atoms with Gasteiger partial charge >= 0.3 is 0 Å². The molecule has 0 fully saturated rings. The van der Waals surface area contributed by atoms with Gasteiger partial charge in [0.1, 0.15) is 5.75 Å². The molecule has 0 N–H and O–H groups in total. The van der Waals surface area contributed by atoms with Gasteiger partial charge in [-0.25, -0.2) is 0 Å². The number of ether oxygens (including phenoxy) is 1. The highest BCUT2D eigenvalue weighted by molar-refractivity contribution is 7.99. The van der Waals surface area contributed by atoms with Crippen molar-refractivity contribution in [1.82, 2.24) is 10.2 Å². The van der Waals surface area contributed by atoms with E-state index in [1.54, 1.807) is 12.1 Å². The largest absolute Gasteiger partial charge is 0.482 e. The summed E-state index contributed by atoms with van der Waals surface area (Å²) in [5.41, 5.74) is 2.99. The smallest absolute Gasteiger partial charge is 0.277 e. The molecule has 0 bridgehead atoms. The Morgan fingerprint density at radius 3 is 2.71 bits per heavy atom. The van der Waals surface area contributed by atoms with E-state index in [4.69, 9.17) is 20.8 Å². The minimum Gasteiger partial charge on any atom is -0.482 e. The van der Waals surface area contributed by atoms with Crippen LogP contribution in [0.1, 0.15) is 41.2 Å². The normalized spacial score (nSPS) is 10.8. The second-order valence-electron chi connectivity index (χ2n) is 6.09. The first kappa shape index (κ1) is 20.4. The summed E-state index contributed by atoms with van der Waals surface area (Å²) in [7, 11) is 0. The van der Waals surface area contributed by atoms with Crippen LogP contribution in [0, 0.1) is 0 Å². The number of para-hydroxylation sites is 1. The first-order valence-electron chi connectivity index (χ1n) is 9.08. The van der Waals surface area contributed by atoms with Gasteiger partial charge in [0.15, 0.2) is 12.4 Å². The van der Waals surface area contributed by atoms with Crippen LogP contribution in [0.25, 0.3) is 0 Å². The maximum absolute atomic E-state index is 12.7. The molecule has 0 aliphatic rings. The Labute approximate surface area is 173 Å². The van der Waals surface area contributed by atoms with Gasteiger partial charge in [-0.05, 0) is 42.2 Å². The molecular weight excluding hydrogens is 396 g/mol. The number of Topliss-reactive ketones (excluding diaryl/α,β-unsaturated/α-hetero) is 1. The molecule has 1 heterocycles. The predicted molar refractivity (Wildman–Crippen MR) is 110 cm³/mol. The van der Waals surface area contributed by atoms with Gasteiger partial charge in [-0.1, -0.05) is 61.5 Å². The highest BCUT2D eigenvalue weighted by Gasteiger charge is 2.15. The fraction of sp³-hybridized carbons (Fsp3) is 0.286. The molecule has 3 rings (SSSR count). The molecule has 0 amide bonds. The van der Waals surface area contributed by atoms with Gasteiger partial charge in [-0.2, -0.15) is 0 Å². The topological polar surface area (TPSA) is 65.2 Å². The maximum Gasteiger partial charge on any atom is 0.277 e.